The Kier molecular flexibility index (Phi) is 3.29. The van der Waals surface area contributed by atoms with Gasteiger partial charge in [-0.05, 0) is 32.4 Å². The van der Waals surface area contributed by atoms with Crippen LogP contribution in [0.3, 0.4) is 0 Å². The van der Waals surface area contributed by atoms with E-state index in [0.717, 1.165) is 5.56 Å². The second-order valence-electron chi connectivity index (χ2n) is 4.34. The third kappa shape index (κ3) is 3.97. The van der Waals surface area contributed by atoms with E-state index < -0.39 is 5.60 Å². The second-order valence-corrected chi connectivity index (χ2v) is 4.34. The predicted octanol–water partition coefficient (Wildman–Crippen LogP) is 1.55. The van der Waals surface area contributed by atoms with Gasteiger partial charge in [-0.15, -0.1) is 0 Å². The molecule has 0 aromatic carbocycles. The van der Waals surface area contributed by atoms with Crippen LogP contribution in [0.5, 0.6) is 0 Å². The molecule has 0 saturated carbocycles. The summed E-state index contributed by atoms with van der Waals surface area (Å²) in [6.07, 6.45) is 3.32. The SMILES string of the molecule is CC(C)(C)OC(=O)Cc1ccncc1N. The summed E-state index contributed by atoms with van der Waals surface area (Å²) in [5.41, 5.74) is 6.47. The highest BCUT2D eigenvalue weighted by atomic mass is 16.6. The number of carbonyl (C=O) groups excluding carboxylic acids is 1. The molecular formula is C11H16N2O2. The summed E-state index contributed by atoms with van der Waals surface area (Å²) < 4.78 is 5.18. The highest BCUT2D eigenvalue weighted by Gasteiger charge is 2.17. The average Bonchev–Trinajstić information content (AvgIpc) is 2.05. The second kappa shape index (κ2) is 4.29. The van der Waals surface area contributed by atoms with Crippen molar-refractivity contribution in [2.24, 2.45) is 0 Å². The highest BCUT2D eigenvalue weighted by molar-refractivity contribution is 5.75. The normalized spacial score (nSPS) is 11.1. The number of anilines is 1. The molecule has 0 radical (unpaired) electrons. The largest absolute Gasteiger partial charge is 0.460 e. The quantitative estimate of drug-likeness (QED) is 0.749. The molecule has 0 aliphatic rings. The first-order valence-corrected chi connectivity index (χ1v) is 4.79. The number of rotatable bonds is 2. The van der Waals surface area contributed by atoms with Crippen LogP contribution in [-0.2, 0) is 16.0 Å². The van der Waals surface area contributed by atoms with Crippen molar-refractivity contribution >= 4 is 11.7 Å². The van der Waals surface area contributed by atoms with Gasteiger partial charge in [-0.1, -0.05) is 0 Å². The first-order valence-electron chi connectivity index (χ1n) is 4.79. The summed E-state index contributed by atoms with van der Waals surface area (Å²) in [6.45, 7) is 5.50. The van der Waals surface area contributed by atoms with Crippen LogP contribution in [0, 0.1) is 0 Å². The van der Waals surface area contributed by atoms with Gasteiger partial charge in [0.1, 0.15) is 5.60 Å². The minimum Gasteiger partial charge on any atom is -0.460 e. The molecular weight excluding hydrogens is 192 g/mol. The maximum absolute atomic E-state index is 11.5. The van der Waals surface area contributed by atoms with E-state index in [1.807, 2.05) is 20.8 Å². The van der Waals surface area contributed by atoms with E-state index in [-0.39, 0.29) is 12.4 Å². The van der Waals surface area contributed by atoms with Crippen LogP contribution in [-0.4, -0.2) is 16.6 Å². The van der Waals surface area contributed by atoms with Crippen molar-refractivity contribution in [3.05, 3.63) is 24.0 Å². The summed E-state index contributed by atoms with van der Waals surface area (Å²) in [4.78, 5) is 15.3. The van der Waals surface area contributed by atoms with Crippen molar-refractivity contribution in [1.29, 1.82) is 0 Å². The van der Waals surface area contributed by atoms with Gasteiger partial charge in [-0.3, -0.25) is 9.78 Å². The van der Waals surface area contributed by atoms with Crippen molar-refractivity contribution in [2.75, 3.05) is 5.73 Å². The van der Waals surface area contributed by atoms with Crippen LogP contribution < -0.4 is 5.73 Å². The summed E-state index contributed by atoms with van der Waals surface area (Å²) in [7, 11) is 0. The number of aromatic nitrogens is 1. The Morgan fingerprint density at radius 1 is 1.53 bits per heavy atom. The van der Waals surface area contributed by atoms with Gasteiger partial charge in [0.15, 0.2) is 0 Å². The molecule has 0 aliphatic heterocycles. The van der Waals surface area contributed by atoms with Crippen LogP contribution in [0.25, 0.3) is 0 Å². The maximum atomic E-state index is 11.5. The van der Waals surface area contributed by atoms with E-state index in [1.54, 1.807) is 12.3 Å². The number of esters is 1. The maximum Gasteiger partial charge on any atom is 0.310 e. The third-order valence-electron chi connectivity index (χ3n) is 1.70. The van der Waals surface area contributed by atoms with Crippen LogP contribution >= 0.6 is 0 Å². The Morgan fingerprint density at radius 2 is 2.20 bits per heavy atom. The molecule has 2 N–H and O–H groups in total. The lowest BCUT2D eigenvalue weighted by Gasteiger charge is -2.19. The molecule has 0 saturated heterocycles. The Labute approximate surface area is 89.5 Å². The molecule has 0 atom stereocenters. The van der Waals surface area contributed by atoms with Crippen molar-refractivity contribution in [2.45, 2.75) is 32.8 Å². The molecule has 0 amide bonds. The Hall–Kier alpha value is -1.58. The molecule has 1 rings (SSSR count). The van der Waals surface area contributed by atoms with Gasteiger partial charge in [-0.25, -0.2) is 0 Å². The molecule has 1 aromatic heterocycles. The van der Waals surface area contributed by atoms with Crippen LogP contribution in [0.2, 0.25) is 0 Å². The van der Waals surface area contributed by atoms with Crippen LogP contribution in [0.4, 0.5) is 5.69 Å². The van der Waals surface area contributed by atoms with Gasteiger partial charge < -0.3 is 10.5 Å². The number of nitrogens with two attached hydrogens (primary N) is 1. The number of nitrogens with zero attached hydrogens (tertiary/aromatic N) is 1. The Balaban J connectivity index is 2.64. The highest BCUT2D eigenvalue weighted by Crippen LogP contribution is 2.13. The van der Waals surface area contributed by atoms with Crippen molar-refractivity contribution in [3.63, 3.8) is 0 Å². The zero-order chi connectivity index (χ0) is 11.5. The van der Waals surface area contributed by atoms with Gasteiger partial charge in [0.2, 0.25) is 0 Å². The molecule has 1 aromatic rings. The van der Waals surface area contributed by atoms with Crippen molar-refractivity contribution in [3.8, 4) is 0 Å². The van der Waals surface area contributed by atoms with E-state index >= 15 is 0 Å². The molecule has 0 fully saturated rings. The lowest BCUT2D eigenvalue weighted by atomic mass is 10.1. The van der Waals surface area contributed by atoms with Gasteiger partial charge in [0.25, 0.3) is 0 Å². The van der Waals surface area contributed by atoms with E-state index in [0.29, 0.717) is 5.69 Å². The molecule has 82 valence electrons. The molecule has 0 spiro atoms. The topological polar surface area (TPSA) is 65.2 Å². The number of nitrogen functional groups attached to an aromatic ring is 1. The smallest absolute Gasteiger partial charge is 0.310 e. The average molecular weight is 208 g/mol. The van der Waals surface area contributed by atoms with Gasteiger partial charge in [0.05, 0.1) is 18.3 Å². The van der Waals surface area contributed by atoms with Crippen LogP contribution in [0.15, 0.2) is 18.5 Å². The van der Waals surface area contributed by atoms with E-state index in [9.17, 15) is 4.79 Å². The zero-order valence-corrected chi connectivity index (χ0v) is 9.28. The lowest BCUT2D eigenvalue weighted by Crippen LogP contribution is -2.25. The van der Waals surface area contributed by atoms with E-state index in [4.69, 9.17) is 10.5 Å². The first-order chi connectivity index (χ1) is 6.88. The monoisotopic (exact) mass is 208 g/mol. The van der Waals surface area contributed by atoms with Crippen LogP contribution in [0.1, 0.15) is 26.3 Å². The number of ether oxygens (including phenoxy) is 1. The summed E-state index contributed by atoms with van der Waals surface area (Å²) >= 11 is 0. The molecule has 0 bridgehead atoms. The fraction of sp³-hybridized carbons (Fsp3) is 0.455. The fourth-order valence-electron chi connectivity index (χ4n) is 1.13. The number of carbonyl (C=O) groups is 1. The molecule has 4 nitrogen and oxygen atoms in total. The Bertz CT molecular complexity index is 356. The van der Waals surface area contributed by atoms with E-state index in [1.165, 1.54) is 6.20 Å². The molecule has 1 heterocycles. The summed E-state index contributed by atoms with van der Waals surface area (Å²) in [5, 5.41) is 0. The molecule has 0 aliphatic carbocycles. The van der Waals surface area contributed by atoms with E-state index in [2.05, 4.69) is 4.98 Å². The number of hydrogen-bond donors (Lipinski definition) is 1. The minimum absolute atomic E-state index is 0.186. The minimum atomic E-state index is -0.459. The fourth-order valence-corrected chi connectivity index (χ4v) is 1.13. The zero-order valence-electron chi connectivity index (χ0n) is 9.28. The summed E-state index contributed by atoms with van der Waals surface area (Å²) in [6, 6.07) is 1.72. The van der Waals surface area contributed by atoms with Gasteiger partial charge in [-0.2, -0.15) is 0 Å². The molecule has 15 heavy (non-hydrogen) atoms. The van der Waals surface area contributed by atoms with Gasteiger partial charge in [0, 0.05) is 6.20 Å². The summed E-state index contributed by atoms with van der Waals surface area (Å²) in [5.74, 6) is -0.277. The Morgan fingerprint density at radius 3 is 2.73 bits per heavy atom. The van der Waals surface area contributed by atoms with Crippen molar-refractivity contribution in [1.82, 2.24) is 4.98 Å². The first kappa shape index (κ1) is 11.5. The lowest BCUT2D eigenvalue weighted by molar-refractivity contribution is -0.153. The molecule has 4 heteroatoms. The van der Waals surface area contributed by atoms with Crippen molar-refractivity contribution < 1.29 is 9.53 Å². The standard InChI is InChI=1S/C11H16N2O2/c1-11(2,3)15-10(14)6-8-4-5-13-7-9(8)12/h4-5,7H,6,12H2,1-3H3. The molecule has 0 unspecified atom stereocenters. The number of pyridine rings is 1. The number of hydrogen-bond acceptors (Lipinski definition) is 4. The van der Waals surface area contributed by atoms with Gasteiger partial charge >= 0.3 is 5.97 Å². The predicted molar refractivity (Wildman–Crippen MR) is 58.2 cm³/mol. The third-order valence-corrected chi connectivity index (χ3v) is 1.70.